The summed E-state index contributed by atoms with van der Waals surface area (Å²) in [6.07, 6.45) is 86.3. The van der Waals surface area contributed by atoms with Gasteiger partial charge in [-0.15, -0.1) is 0 Å². The van der Waals surface area contributed by atoms with Crippen molar-refractivity contribution in [3.05, 3.63) is 122 Å². The number of hydrogen-bond donors (Lipinski definition) is 0. The van der Waals surface area contributed by atoms with Crippen molar-refractivity contribution in [1.82, 2.24) is 0 Å². The molecule has 0 aliphatic carbocycles. The summed E-state index contributed by atoms with van der Waals surface area (Å²) in [5.41, 5.74) is 0. The zero-order valence-electron chi connectivity index (χ0n) is 48.8. The van der Waals surface area contributed by atoms with Crippen LogP contribution >= 0.6 is 0 Å². The molecule has 0 heterocycles. The van der Waals surface area contributed by atoms with Crippen molar-refractivity contribution in [3.63, 3.8) is 0 Å². The average Bonchev–Trinajstić information content (AvgIpc) is 3.41. The Labute approximate surface area is 462 Å². The molecule has 6 heteroatoms. The van der Waals surface area contributed by atoms with E-state index in [0.29, 0.717) is 19.3 Å². The summed E-state index contributed by atoms with van der Waals surface area (Å²) in [6.45, 7) is 6.37. The van der Waals surface area contributed by atoms with Crippen LogP contribution in [0.4, 0.5) is 0 Å². The third kappa shape index (κ3) is 60.6. The fourth-order valence-corrected chi connectivity index (χ4v) is 8.39. The quantitative estimate of drug-likeness (QED) is 0.0261. The van der Waals surface area contributed by atoms with Crippen LogP contribution in [-0.4, -0.2) is 37.2 Å². The minimum atomic E-state index is -0.811. The fraction of sp³-hybridized carbons (Fsp3) is 0.667. The zero-order chi connectivity index (χ0) is 54.3. The summed E-state index contributed by atoms with van der Waals surface area (Å²) in [4.78, 5) is 38.2. The molecule has 0 aliphatic heterocycles. The van der Waals surface area contributed by atoms with Crippen LogP contribution in [0.15, 0.2) is 122 Å². The van der Waals surface area contributed by atoms with E-state index in [1.807, 2.05) is 0 Å². The molecule has 0 amide bonds. The van der Waals surface area contributed by atoms with Gasteiger partial charge in [0.2, 0.25) is 0 Å². The van der Waals surface area contributed by atoms with Gasteiger partial charge in [0.05, 0.1) is 0 Å². The Morgan fingerprint density at radius 3 is 0.853 bits per heavy atom. The number of hydrogen-bond acceptors (Lipinski definition) is 6. The summed E-state index contributed by atoms with van der Waals surface area (Å²) < 4.78 is 16.8. The Morgan fingerprint density at radius 1 is 0.280 bits per heavy atom. The van der Waals surface area contributed by atoms with Crippen LogP contribution in [0.5, 0.6) is 0 Å². The molecular formula is C69H114O6. The van der Waals surface area contributed by atoms with E-state index in [4.69, 9.17) is 14.2 Å². The van der Waals surface area contributed by atoms with Crippen molar-refractivity contribution in [2.75, 3.05) is 13.2 Å². The van der Waals surface area contributed by atoms with Gasteiger partial charge >= 0.3 is 17.9 Å². The molecule has 0 spiro atoms. The molecule has 0 aromatic heterocycles. The molecule has 0 aromatic carbocycles. The van der Waals surface area contributed by atoms with Crippen molar-refractivity contribution in [2.24, 2.45) is 0 Å². The van der Waals surface area contributed by atoms with Crippen LogP contribution in [-0.2, 0) is 28.6 Å². The van der Waals surface area contributed by atoms with Crippen LogP contribution in [0.3, 0.4) is 0 Å². The average molecular weight is 1040 g/mol. The summed E-state index contributed by atoms with van der Waals surface area (Å²) in [6, 6.07) is 0. The minimum Gasteiger partial charge on any atom is -0.462 e. The molecule has 0 radical (unpaired) electrons. The van der Waals surface area contributed by atoms with Crippen LogP contribution in [0.2, 0.25) is 0 Å². The first-order valence-corrected chi connectivity index (χ1v) is 31.0. The number of carbonyl (C=O) groups excluding carboxylic acids is 3. The lowest BCUT2D eigenvalue weighted by molar-refractivity contribution is -0.167. The largest absolute Gasteiger partial charge is 0.462 e. The Bertz CT molecular complexity index is 1570. The lowest BCUT2D eigenvalue weighted by atomic mass is 10.0. The van der Waals surface area contributed by atoms with Gasteiger partial charge in [-0.05, 0) is 103 Å². The number of allylic oxidation sites excluding steroid dienone is 20. The van der Waals surface area contributed by atoms with Crippen molar-refractivity contribution < 1.29 is 28.6 Å². The zero-order valence-corrected chi connectivity index (χ0v) is 48.8. The Kier molecular flexibility index (Phi) is 58.9. The lowest BCUT2D eigenvalue weighted by Gasteiger charge is -2.18. The Balaban J connectivity index is 4.36. The molecule has 75 heavy (non-hydrogen) atoms. The molecule has 0 aromatic rings. The topological polar surface area (TPSA) is 78.9 Å². The van der Waals surface area contributed by atoms with Gasteiger partial charge in [0.1, 0.15) is 13.2 Å². The second-order valence-corrected chi connectivity index (χ2v) is 20.2. The number of esters is 3. The van der Waals surface area contributed by atoms with E-state index in [-0.39, 0.29) is 37.5 Å². The molecule has 1 atom stereocenters. The highest BCUT2D eigenvalue weighted by molar-refractivity contribution is 5.71. The van der Waals surface area contributed by atoms with Crippen LogP contribution in [0, 0.1) is 0 Å². The molecular weight excluding hydrogens is 925 g/mol. The first kappa shape index (κ1) is 70.8. The summed E-state index contributed by atoms with van der Waals surface area (Å²) in [5, 5.41) is 0. The summed E-state index contributed by atoms with van der Waals surface area (Å²) >= 11 is 0. The molecule has 0 saturated carbocycles. The van der Waals surface area contributed by atoms with Gasteiger partial charge in [-0.3, -0.25) is 14.4 Å². The molecule has 6 nitrogen and oxygen atoms in total. The first-order valence-electron chi connectivity index (χ1n) is 31.0. The van der Waals surface area contributed by atoms with Crippen molar-refractivity contribution in [2.45, 2.75) is 284 Å². The van der Waals surface area contributed by atoms with Crippen LogP contribution in [0.25, 0.3) is 0 Å². The maximum absolute atomic E-state index is 12.9. The van der Waals surface area contributed by atoms with Crippen molar-refractivity contribution >= 4 is 17.9 Å². The Morgan fingerprint density at radius 2 is 0.533 bits per heavy atom. The summed E-state index contributed by atoms with van der Waals surface area (Å²) in [7, 11) is 0. The SMILES string of the molecule is CC/C=C\C/C=C\C/C=C\C/C=C\C/C=C\CCCCCCCCCCCCCC(=O)OCC(COC(=O)CCCCCCCCCCCCCCC)OC(=O)CCC/C=C\C/C=C\C/C=C\C/C=C\C/C=C\CC. The van der Waals surface area contributed by atoms with E-state index in [1.54, 1.807) is 0 Å². The van der Waals surface area contributed by atoms with Crippen LogP contribution < -0.4 is 0 Å². The standard InChI is InChI=1S/C69H114O6/c1-4-7-10-13-16-19-22-25-27-29-30-31-32-33-34-35-36-37-38-40-41-44-47-50-53-56-59-62-68(71)74-65-66(64-73-67(70)61-58-55-52-49-46-43-24-21-18-15-12-9-6-3)75-69(72)63-60-57-54-51-48-45-42-39-28-26-23-20-17-14-11-8-5-2/h7-8,10-11,16-17,19-20,25-28,30-31,33-34,42,45,51,54,66H,4-6,9,12-15,18,21-24,29,32,35-41,43-44,46-50,52-53,55-65H2,1-3H3/b10-7-,11-8-,19-16-,20-17-,27-25-,28-26-,31-30-,34-33-,45-42-,54-51-. The fourth-order valence-electron chi connectivity index (χ4n) is 8.39. The van der Waals surface area contributed by atoms with Crippen molar-refractivity contribution in [3.8, 4) is 0 Å². The highest BCUT2D eigenvalue weighted by atomic mass is 16.6. The molecule has 426 valence electrons. The third-order valence-electron chi connectivity index (χ3n) is 13.0. The lowest BCUT2D eigenvalue weighted by Crippen LogP contribution is -2.30. The molecule has 0 saturated heterocycles. The molecule has 1 unspecified atom stereocenters. The number of unbranched alkanes of at least 4 members (excludes halogenated alkanes) is 24. The van der Waals surface area contributed by atoms with Crippen molar-refractivity contribution in [1.29, 1.82) is 0 Å². The van der Waals surface area contributed by atoms with Gasteiger partial charge < -0.3 is 14.2 Å². The second kappa shape index (κ2) is 62.4. The van der Waals surface area contributed by atoms with E-state index in [1.165, 1.54) is 122 Å². The minimum absolute atomic E-state index is 0.101. The second-order valence-electron chi connectivity index (χ2n) is 20.2. The molecule has 0 bridgehead atoms. The van der Waals surface area contributed by atoms with Gasteiger partial charge in [0.15, 0.2) is 6.10 Å². The Hall–Kier alpha value is -4.19. The molecule has 0 N–H and O–H groups in total. The van der Waals surface area contributed by atoms with Gasteiger partial charge in [0, 0.05) is 19.3 Å². The van der Waals surface area contributed by atoms with E-state index in [9.17, 15) is 14.4 Å². The van der Waals surface area contributed by atoms with Crippen LogP contribution in [0.1, 0.15) is 278 Å². The maximum atomic E-state index is 12.9. The van der Waals surface area contributed by atoms with E-state index in [0.717, 1.165) is 109 Å². The molecule has 0 fully saturated rings. The third-order valence-corrected chi connectivity index (χ3v) is 13.0. The van der Waals surface area contributed by atoms with Gasteiger partial charge in [-0.1, -0.05) is 277 Å². The van der Waals surface area contributed by atoms with Gasteiger partial charge in [-0.25, -0.2) is 0 Å². The first-order chi connectivity index (χ1) is 37.0. The normalized spacial score (nSPS) is 12.9. The number of rotatable bonds is 55. The number of ether oxygens (including phenoxy) is 3. The van der Waals surface area contributed by atoms with E-state index < -0.39 is 6.10 Å². The predicted octanol–water partition coefficient (Wildman–Crippen LogP) is 21.2. The summed E-state index contributed by atoms with van der Waals surface area (Å²) in [5.74, 6) is -0.959. The highest BCUT2D eigenvalue weighted by Crippen LogP contribution is 2.16. The highest BCUT2D eigenvalue weighted by Gasteiger charge is 2.19. The monoisotopic (exact) mass is 1040 g/mol. The maximum Gasteiger partial charge on any atom is 0.306 e. The van der Waals surface area contributed by atoms with Gasteiger partial charge in [-0.2, -0.15) is 0 Å². The molecule has 0 aliphatic rings. The predicted molar refractivity (Wildman–Crippen MR) is 325 cm³/mol. The smallest absolute Gasteiger partial charge is 0.306 e. The number of carbonyl (C=O) groups is 3. The molecule has 0 rings (SSSR count). The van der Waals surface area contributed by atoms with Gasteiger partial charge in [0.25, 0.3) is 0 Å². The van der Waals surface area contributed by atoms with E-state index in [2.05, 4.69) is 142 Å². The van der Waals surface area contributed by atoms with E-state index >= 15 is 0 Å².